The van der Waals surface area contributed by atoms with Crippen LogP contribution in [0.2, 0.25) is 0 Å². The smallest absolute Gasteiger partial charge is 0.0412 e. The van der Waals surface area contributed by atoms with Gasteiger partial charge in [-0.3, -0.25) is 4.98 Å². The maximum Gasteiger partial charge on any atom is 0.0412 e. The van der Waals surface area contributed by atoms with Crippen LogP contribution in [0.25, 0.3) is 0 Å². The number of nitrogens with zero attached hydrogens (tertiary/aromatic N) is 1. The van der Waals surface area contributed by atoms with Crippen molar-refractivity contribution in [2.45, 2.75) is 33.1 Å². The SMILES string of the molecule is Cc1cncc(C(C)(C)C)c1N. The zero-order valence-electron chi connectivity index (χ0n) is 8.18. The van der Waals surface area contributed by atoms with E-state index in [0.717, 1.165) is 16.8 Å². The Kier molecular flexibility index (Phi) is 2.09. The minimum Gasteiger partial charge on any atom is -0.398 e. The molecule has 0 aliphatic rings. The molecule has 0 aliphatic carbocycles. The fourth-order valence-corrected chi connectivity index (χ4v) is 1.17. The van der Waals surface area contributed by atoms with Crippen molar-refractivity contribution in [3.63, 3.8) is 0 Å². The van der Waals surface area contributed by atoms with E-state index in [-0.39, 0.29) is 5.41 Å². The Hall–Kier alpha value is -1.05. The molecule has 1 rings (SSSR count). The van der Waals surface area contributed by atoms with Crippen molar-refractivity contribution in [3.05, 3.63) is 23.5 Å². The molecular weight excluding hydrogens is 148 g/mol. The van der Waals surface area contributed by atoms with Crippen molar-refractivity contribution in [2.24, 2.45) is 0 Å². The molecule has 12 heavy (non-hydrogen) atoms. The molecule has 0 radical (unpaired) electrons. The maximum atomic E-state index is 5.93. The predicted molar refractivity (Wildman–Crippen MR) is 52.1 cm³/mol. The molecule has 2 nitrogen and oxygen atoms in total. The number of nitrogen functional groups attached to an aromatic ring is 1. The van der Waals surface area contributed by atoms with E-state index >= 15 is 0 Å². The molecule has 0 unspecified atom stereocenters. The molecule has 2 N–H and O–H groups in total. The summed E-state index contributed by atoms with van der Waals surface area (Å²) in [5, 5.41) is 0. The largest absolute Gasteiger partial charge is 0.398 e. The third-order valence-electron chi connectivity index (χ3n) is 1.99. The van der Waals surface area contributed by atoms with Crippen molar-refractivity contribution >= 4 is 5.69 Å². The highest BCUT2D eigenvalue weighted by atomic mass is 14.7. The van der Waals surface area contributed by atoms with E-state index in [1.807, 2.05) is 13.1 Å². The summed E-state index contributed by atoms with van der Waals surface area (Å²) >= 11 is 0. The summed E-state index contributed by atoms with van der Waals surface area (Å²) in [5.74, 6) is 0. The fourth-order valence-electron chi connectivity index (χ4n) is 1.17. The van der Waals surface area contributed by atoms with Gasteiger partial charge < -0.3 is 5.73 Å². The van der Waals surface area contributed by atoms with Crippen molar-refractivity contribution in [3.8, 4) is 0 Å². The number of aromatic nitrogens is 1. The van der Waals surface area contributed by atoms with E-state index in [4.69, 9.17) is 5.73 Å². The number of hydrogen-bond donors (Lipinski definition) is 1. The molecule has 0 saturated carbocycles. The van der Waals surface area contributed by atoms with E-state index < -0.39 is 0 Å². The summed E-state index contributed by atoms with van der Waals surface area (Å²) in [5.41, 5.74) is 9.07. The third kappa shape index (κ3) is 1.58. The summed E-state index contributed by atoms with van der Waals surface area (Å²) in [6, 6.07) is 0. The van der Waals surface area contributed by atoms with Crippen molar-refractivity contribution in [1.29, 1.82) is 0 Å². The fraction of sp³-hybridized carbons (Fsp3) is 0.500. The number of aryl methyl sites for hydroxylation is 1. The highest BCUT2D eigenvalue weighted by Gasteiger charge is 2.17. The third-order valence-corrected chi connectivity index (χ3v) is 1.99. The highest BCUT2D eigenvalue weighted by Crippen LogP contribution is 2.28. The molecule has 0 aromatic carbocycles. The maximum absolute atomic E-state index is 5.93. The van der Waals surface area contributed by atoms with Crippen molar-refractivity contribution in [1.82, 2.24) is 4.98 Å². The van der Waals surface area contributed by atoms with Crippen LogP contribution < -0.4 is 5.73 Å². The second-order valence-electron chi connectivity index (χ2n) is 4.17. The van der Waals surface area contributed by atoms with E-state index in [0.29, 0.717) is 0 Å². The monoisotopic (exact) mass is 164 g/mol. The van der Waals surface area contributed by atoms with Gasteiger partial charge in [0.15, 0.2) is 0 Å². The molecule has 2 heteroatoms. The summed E-state index contributed by atoms with van der Waals surface area (Å²) in [7, 11) is 0. The highest BCUT2D eigenvalue weighted by molar-refractivity contribution is 5.53. The molecule has 1 aromatic rings. The Labute approximate surface area is 73.8 Å². The van der Waals surface area contributed by atoms with Crippen LogP contribution in [0.4, 0.5) is 5.69 Å². The van der Waals surface area contributed by atoms with E-state index in [1.54, 1.807) is 6.20 Å². The summed E-state index contributed by atoms with van der Waals surface area (Å²) in [4.78, 5) is 4.13. The van der Waals surface area contributed by atoms with Gasteiger partial charge in [0, 0.05) is 18.1 Å². The lowest BCUT2D eigenvalue weighted by Crippen LogP contribution is -2.15. The molecule has 66 valence electrons. The van der Waals surface area contributed by atoms with Crippen molar-refractivity contribution < 1.29 is 0 Å². The van der Waals surface area contributed by atoms with Gasteiger partial charge in [0.05, 0.1) is 0 Å². The second-order valence-corrected chi connectivity index (χ2v) is 4.17. The first-order valence-corrected chi connectivity index (χ1v) is 4.13. The average Bonchev–Trinajstić information content (AvgIpc) is 1.92. The lowest BCUT2D eigenvalue weighted by atomic mass is 9.86. The molecule has 0 fully saturated rings. The first-order chi connectivity index (χ1) is 5.43. The summed E-state index contributed by atoms with van der Waals surface area (Å²) in [6.45, 7) is 8.40. The zero-order valence-corrected chi connectivity index (χ0v) is 8.18. The predicted octanol–water partition coefficient (Wildman–Crippen LogP) is 2.27. The van der Waals surface area contributed by atoms with E-state index in [1.165, 1.54) is 0 Å². The topological polar surface area (TPSA) is 38.9 Å². The van der Waals surface area contributed by atoms with Gasteiger partial charge in [-0.1, -0.05) is 20.8 Å². The van der Waals surface area contributed by atoms with Crippen LogP contribution in [-0.4, -0.2) is 4.98 Å². The number of rotatable bonds is 0. The Morgan fingerprint density at radius 2 is 1.83 bits per heavy atom. The minimum atomic E-state index is 0.0864. The molecule has 0 atom stereocenters. The summed E-state index contributed by atoms with van der Waals surface area (Å²) in [6.07, 6.45) is 3.65. The lowest BCUT2D eigenvalue weighted by Gasteiger charge is -2.21. The van der Waals surface area contributed by atoms with E-state index in [2.05, 4.69) is 25.8 Å². The normalized spacial score (nSPS) is 11.7. The Morgan fingerprint density at radius 1 is 1.25 bits per heavy atom. The molecule has 0 aliphatic heterocycles. The molecule has 0 spiro atoms. The van der Waals surface area contributed by atoms with Gasteiger partial charge in [-0.15, -0.1) is 0 Å². The van der Waals surface area contributed by atoms with Crippen LogP contribution in [-0.2, 0) is 5.41 Å². The molecule has 1 aromatic heterocycles. The second kappa shape index (κ2) is 2.77. The van der Waals surface area contributed by atoms with Gasteiger partial charge in [0.25, 0.3) is 0 Å². The molecule has 0 bridgehead atoms. The Morgan fingerprint density at radius 3 is 2.25 bits per heavy atom. The van der Waals surface area contributed by atoms with Gasteiger partial charge in [0.1, 0.15) is 0 Å². The quantitative estimate of drug-likeness (QED) is 0.638. The minimum absolute atomic E-state index is 0.0864. The Balaban J connectivity index is 3.26. The number of hydrogen-bond acceptors (Lipinski definition) is 2. The average molecular weight is 164 g/mol. The number of pyridine rings is 1. The summed E-state index contributed by atoms with van der Waals surface area (Å²) < 4.78 is 0. The van der Waals surface area contributed by atoms with Gasteiger partial charge in [-0.2, -0.15) is 0 Å². The molecular formula is C10H16N2. The van der Waals surface area contributed by atoms with Crippen LogP contribution in [0.5, 0.6) is 0 Å². The standard InChI is InChI=1S/C10H16N2/c1-7-5-12-6-8(9(7)11)10(2,3)4/h5-6H,1-4H3,(H2,11,12). The zero-order chi connectivity index (χ0) is 9.35. The van der Waals surface area contributed by atoms with Gasteiger partial charge in [0.2, 0.25) is 0 Å². The Bertz CT molecular complexity index is 284. The molecule has 0 saturated heterocycles. The van der Waals surface area contributed by atoms with Crippen LogP contribution in [0.1, 0.15) is 31.9 Å². The van der Waals surface area contributed by atoms with Crippen LogP contribution in [0.15, 0.2) is 12.4 Å². The lowest BCUT2D eigenvalue weighted by molar-refractivity contribution is 0.589. The first kappa shape index (κ1) is 9.04. The van der Waals surface area contributed by atoms with Crippen LogP contribution in [0.3, 0.4) is 0 Å². The van der Waals surface area contributed by atoms with Crippen LogP contribution in [0, 0.1) is 6.92 Å². The van der Waals surface area contributed by atoms with Crippen LogP contribution >= 0.6 is 0 Å². The van der Waals surface area contributed by atoms with Gasteiger partial charge >= 0.3 is 0 Å². The van der Waals surface area contributed by atoms with E-state index in [9.17, 15) is 0 Å². The molecule has 1 heterocycles. The van der Waals surface area contributed by atoms with Gasteiger partial charge in [-0.25, -0.2) is 0 Å². The van der Waals surface area contributed by atoms with Crippen molar-refractivity contribution in [2.75, 3.05) is 5.73 Å². The molecule has 0 amide bonds. The number of nitrogens with two attached hydrogens (primary N) is 1. The number of anilines is 1. The van der Waals surface area contributed by atoms with Gasteiger partial charge in [-0.05, 0) is 23.5 Å². The first-order valence-electron chi connectivity index (χ1n) is 4.13.